The highest BCUT2D eigenvalue weighted by Gasteiger charge is 2.31. The quantitative estimate of drug-likeness (QED) is 0.535. The number of aliphatic hydroxyl groups is 1. The molecule has 2 N–H and O–H groups in total. The summed E-state index contributed by atoms with van der Waals surface area (Å²) in [5.74, 6) is 0.476. The first-order valence-corrected chi connectivity index (χ1v) is 10.9. The van der Waals surface area contributed by atoms with Crippen molar-refractivity contribution in [2.45, 2.75) is 19.3 Å². The van der Waals surface area contributed by atoms with Crippen molar-refractivity contribution in [1.29, 1.82) is 0 Å². The Hall–Kier alpha value is -3.43. The molecule has 1 saturated heterocycles. The number of nitrogens with one attached hydrogen (secondary N) is 1. The number of likely N-dealkylation sites (tertiary alicyclic amines) is 1. The normalized spacial score (nSPS) is 18.4. The van der Waals surface area contributed by atoms with Gasteiger partial charge in [0.15, 0.2) is 0 Å². The predicted octanol–water partition coefficient (Wildman–Crippen LogP) is 1.62. The van der Waals surface area contributed by atoms with Gasteiger partial charge in [0, 0.05) is 50.8 Å². The Balaban J connectivity index is 1.29. The minimum Gasteiger partial charge on any atom is -0.495 e. The molecule has 9 heteroatoms. The van der Waals surface area contributed by atoms with E-state index < -0.39 is 12.2 Å². The maximum atomic E-state index is 12.5. The first-order valence-electron chi connectivity index (χ1n) is 10.9. The Morgan fingerprint density at radius 3 is 2.79 bits per heavy atom. The van der Waals surface area contributed by atoms with Crippen LogP contribution in [0.25, 0.3) is 11.0 Å². The molecule has 0 bridgehead atoms. The lowest BCUT2D eigenvalue weighted by atomic mass is 10.1. The molecule has 3 heterocycles. The topological polar surface area (TPSA) is 106 Å². The summed E-state index contributed by atoms with van der Waals surface area (Å²) in [5, 5.41) is 13.2. The monoisotopic (exact) mass is 452 g/mol. The zero-order chi connectivity index (χ0) is 23.2. The lowest BCUT2D eigenvalue weighted by Gasteiger charge is -2.18. The number of alkyl carbamates (subject to hydrolysis) is 1. The maximum absolute atomic E-state index is 12.5. The molecule has 1 aliphatic rings. The second kappa shape index (κ2) is 10.5. The Kier molecular flexibility index (Phi) is 7.21. The Labute approximate surface area is 191 Å². The Bertz CT molecular complexity index is 1150. The number of nitrogens with zero attached hydrogens (tertiary/aromatic N) is 3. The SMILES string of the molecule is COc1cnc2ccc(=O)n(CCN3C[C@H](CNC(=O)OCc4ccccc4)[C@H](O)C3)c2c1. The smallest absolute Gasteiger partial charge is 0.407 e. The zero-order valence-corrected chi connectivity index (χ0v) is 18.5. The molecule has 0 radical (unpaired) electrons. The van der Waals surface area contributed by atoms with Gasteiger partial charge in [-0.1, -0.05) is 30.3 Å². The van der Waals surface area contributed by atoms with Crippen LogP contribution in [0.4, 0.5) is 4.79 Å². The fourth-order valence-electron chi connectivity index (χ4n) is 4.05. The molecule has 2 aromatic heterocycles. The average molecular weight is 453 g/mol. The number of β-amino-alcohol motifs (C(OH)–C–C–N with tert-alkyl or cyclic N) is 1. The summed E-state index contributed by atoms with van der Waals surface area (Å²) in [6.45, 7) is 2.65. The number of methoxy groups -OCH3 is 1. The number of pyridine rings is 2. The number of aromatic nitrogens is 2. The third kappa shape index (κ3) is 5.68. The summed E-state index contributed by atoms with van der Waals surface area (Å²) >= 11 is 0. The molecule has 33 heavy (non-hydrogen) atoms. The summed E-state index contributed by atoms with van der Waals surface area (Å²) in [6.07, 6.45) is 0.551. The van der Waals surface area contributed by atoms with Crippen molar-refractivity contribution in [3.63, 3.8) is 0 Å². The van der Waals surface area contributed by atoms with Crippen LogP contribution in [0.15, 0.2) is 59.5 Å². The van der Waals surface area contributed by atoms with Crippen molar-refractivity contribution in [2.24, 2.45) is 5.92 Å². The van der Waals surface area contributed by atoms with Crippen LogP contribution in [0.2, 0.25) is 0 Å². The molecule has 1 aromatic carbocycles. The van der Waals surface area contributed by atoms with Crippen molar-refractivity contribution < 1.29 is 19.4 Å². The van der Waals surface area contributed by atoms with Crippen LogP contribution in [-0.2, 0) is 17.9 Å². The molecule has 2 atom stereocenters. The van der Waals surface area contributed by atoms with Gasteiger partial charge in [0.2, 0.25) is 0 Å². The molecule has 1 aliphatic heterocycles. The first kappa shape index (κ1) is 22.8. The molecule has 9 nitrogen and oxygen atoms in total. The molecule has 1 amide bonds. The van der Waals surface area contributed by atoms with Gasteiger partial charge >= 0.3 is 6.09 Å². The molecule has 1 fully saturated rings. The average Bonchev–Trinajstić information content (AvgIpc) is 3.20. The van der Waals surface area contributed by atoms with Crippen molar-refractivity contribution in [3.8, 4) is 5.75 Å². The van der Waals surface area contributed by atoms with E-state index >= 15 is 0 Å². The van der Waals surface area contributed by atoms with Crippen LogP contribution >= 0.6 is 0 Å². The molecule has 3 aromatic rings. The molecule has 0 spiro atoms. The fourth-order valence-corrected chi connectivity index (χ4v) is 4.05. The molecular formula is C24H28N4O5. The van der Waals surface area contributed by atoms with Gasteiger partial charge in [0.05, 0.1) is 30.4 Å². The minimum absolute atomic E-state index is 0.111. The number of carbonyl (C=O) groups is 1. The lowest BCUT2D eigenvalue weighted by Crippen LogP contribution is -2.34. The van der Waals surface area contributed by atoms with Crippen molar-refractivity contribution in [1.82, 2.24) is 19.8 Å². The van der Waals surface area contributed by atoms with E-state index in [2.05, 4.69) is 15.2 Å². The number of hydrogen-bond acceptors (Lipinski definition) is 7. The van der Waals surface area contributed by atoms with Crippen molar-refractivity contribution >= 4 is 17.1 Å². The Morgan fingerprint density at radius 2 is 2.00 bits per heavy atom. The van der Waals surface area contributed by atoms with Crippen molar-refractivity contribution in [3.05, 3.63) is 70.6 Å². The van der Waals surface area contributed by atoms with Crippen LogP contribution in [-0.4, -0.2) is 65.0 Å². The number of carbonyl (C=O) groups excluding carboxylic acids is 1. The molecule has 0 unspecified atom stereocenters. The summed E-state index contributed by atoms with van der Waals surface area (Å²) in [6, 6.07) is 14.5. The van der Waals surface area contributed by atoms with Crippen LogP contribution < -0.4 is 15.6 Å². The van der Waals surface area contributed by atoms with E-state index in [-0.39, 0.29) is 18.1 Å². The van der Waals surface area contributed by atoms with E-state index in [1.165, 1.54) is 6.07 Å². The van der Waals surface area contributed by atoms with Crippen LogP contribution in [0.3, 0.4) is 0 Å². The van der Waals surface area contributed by atoms with E-state index in [1.54, 1.807) is 30.0 Å². The highest BCUT2D eigenvalue weighted by atomic mass is 16.5. The number of amides is 1. The van der Waals surface area contributed by atoms with Gasteiger partial charge in [-0.15, -0.1) is 0 Å². The van der Waals surface area contributed by atoms with Gasteiger partial charge in [0.25, 0.3) is 5.56 Å². The lowest BCUT2D eigenvalue weighted by molar-refractivity contribution is 0.124. The third-order valence-corrected chi connectivity index (χ3v) is 5.89. The molecule has 174 valence electrons. The zero-order valence-electron chi connectivity index (χ0n) is 18.5. The molecular weight excluding hydrogens is 424 g/mol. The van der Waals surface area contributed by atoms with Gasteiger partial charge in [-0.3, -0.25) is 14.7 Å². The predicted molar refractivity (Wildman–Crippen MR) is 123 cm³/mol. The largest absolute Gasteiger partial charge is 0.495 e. The minimum atomic E-state index is -0.564. The molecule has 0 aliphatic carbocycles. The highest BCUT2D eigenvalue weighted by Crippen LogP contribution is 2.19. The van der Waals surface area contributed by atoms with Gasteiger partial charge in [0.1, 0.15) is 12.4 Å². The summed E-state index contributed by atoms with van der Waals surface area (Å²) < 4.78 is 12.1. The first-order chi connectivity index (χ1) is 16.0. The number of fused-ring (bicyclic) bond motifs is 1. The fraction of sp³-hybridized carbons (Fsp3) is 0.375. The number of aliphatic hydroxyl groups excluding tert-OH is 1. The van der Waals surface area contributed by atoms with Crippen LogP contribution in [0.5, 0.6) is 5.75 Å². The van der Waals surface area contributed by atoms with E-state index in [0.29, 0.717) is 49.5 Å². The molecule has 4 rings (SSSR count). The van der Waals surface area contributed by atoms with Crippen LogP contribution in [0, 0.1) is 5.92 Å². The second-order valence-corrected chi connectivity index (χ2v) is 8.13. The van der Waals surface area contributed by atoms with Gasteiger partial charge in [-0.25, -0.2) is 4.79 Å². The summed E-state index contributed by atoms with van der Waals surface area (Å²) in [7, 11) is 1.56. The standard InChI is InChI=1S/C24H28N4O5/c1-32-19-11-21-20(25-13-19)7-8-23(30)28(21)10-9-27-14-18(22(29)15-27)12-26-24(31)33-16-17-5-3-2-4-6-17/h2-8,11,13,18,22,29H,9-10,12,14-16H2,1H3,(H,26,31)/t18-,22+/m0/s1. The number of hydrogen-bond donors (Lipinski definition) is 2. The number of ether oxygens (including phenoxy) is 2. The summed E-state index contributed by atoms with van der Waals surface area (Å²) in [4.78, 5) is 30.9. The third-order valence-electron chi connectivity index (χ3n) is 5.89. The number of benzene rings is 1. The van der Waals surface area contributed by atoms with Crippen LogP contribution in [0.1, 0.15) is 5.56 Å². The number of rotatable bonds is 8. The Morgan fingerprint density at radius 1 is 1.18 bits per heavy atom. The van der Waals surface area contributed by atoms with Crippen molar-refractivity contribution in [2.75, 3.05) is 33.3 Å². The van der Waals surface area contributed by atoms with Gasteiger partial charge in [-0.05, 0) is 11.6 Å². The molecule has 0 saturated carbocycles. The summed E-state index contributed by atoms with van der Waals surface area (Å²) in [5.41, 5.74) is 2.22. The van der Waals surface area contributed by atoms with E-state index in [9.17, 15) is 14.7 Å². The van der Waals surface area contributed by atoms with E-state index in [4.69, 9.17) is 9.47 Å². The van der Waals surface area contributed by atoms with Gasteiger partial charge in [-0.2, -0.15) is 0 Å². The van der Waals surface area contributed by atoms with E-state index in [0.717, 1.165) is 5.56 Å². The van der Waals surface area contributed by atoms with Gasteiger partial charge < -0.3 is 24.5 Å². The maximum Gasteiger partial charge on any atom is 0.407 e. The highest BCUT2D eigenvalue weighted by molar-refractivity contribution is 5.75. The second-order valence-electron chi connectivity index (χ2n) is 8.13. The van der Waals surface area contributed by atoms with E-state index in [1.807, 2.05) is 30.3 Å².